The van der Waals surface area contributed by atoms with E-state index in [9.17, 15) is 0 Å². The van der Waals surface area contributed by atoms with Crippen LogP contribution in [-0.4, -0.2) is 0 Å². The van der Waals surface area contributed by atoms with E-state index in [1.165, 1.54) is 21.6 Å². The van der Waals surface area contributed by atoms with Crippen LogP contribution in [0.5, 0.6) is 0 Å². The van der Waals surface area contributed by atoms with Crippen molar-refractivity contribution in [2.45, 2.75) is 43.8 Å². The first-order valence-corrected chi connectivity index (χ1v) is 8.21. The van der Waals surface area contributed by atoms with Gasteiger partial charge in [0.05, 0.1) is 0 Å². The van der Waals surface area contributed by atoms with Crippen LogP contribution in [0, 0.1) is 6.92 Å². The second-order valence-electron chi connectivity index (χ2n) is 6.15. The first-order chi connectivity index (χ1) is 9.36. The summed E-state index contributed by atoms with van der Waals surface area (Å²) in [4.78, 5) is 1.36. The largest absolute Gasteiger partial charge is 0.121 e. The number of thioether (sulfide) groups is 1. The molecule has 0 spiro atoms. The zero-order valence-electron chi connectivity index (χ0n) is 12.5. The zero-order valence-corrected chi connectivity index (χ0v) is 14.1. The Hall–Kier alpha value is -0.920. The van der Waals surface area contributed by atoms with E-state index >= 15 is 0 Å². The van der Waals surface area contributed by atoms with Crippen LogP contribution in [-0.2, 0) is 11.2 Å². The fraction of sp³-hybridized carbons (Fsp3) is 0.333. The van der Waals surface area contributed by atoms with E-state index in [1.54, 1.807) is 0 Å². The topological polar surface area (TPSA) is 0 Å². The summed E-state index contributed by atoms with van der Waals surface area (Å²) in [6, 6.07) is 14.9. The number of aryl methyl sites for hydroxylation is 1. The normalized spacial score (nSPS) is 11.7. The second kappa shape index (κ2) is 6.24. The summed E-state index contributed by atoms with van der Waals surface area (Å²) in [7, 11) is 0. The van der Waals surface area contributed by atoms with Gasteiger partial charge in [-0.3, -0.25) is 0 Å². The van der Waals surface area contributed by atoms with Gasteiger partial charge in [0.15, 0.2) is 0 Å². The minimum Gasteiger partial charge on any atom is -0.121 e. The molecule has 2 aromatic rings. The number of rotatable bonds is 3. The molecule has 0 aliphatic heterocycles. The average molecular weight is 305 g/mol. The van der Waals surface area contributed by atoms with Gasteiger partial charge < -0.3 is 0 Å². The quantitative estimate of drug-likeness (QED) is 0.605. The van der Waals surface area contributed by atoms with Gasteiger partial charge >= 0.3 is 0 Å². The molecule has 0 bridgehead atoms. The predicted octanol–water partition coefficient (Wildman–Crippen LogP) is 6.24. The van der Waals surface area contributed by atoms with E-state index in [2.05, 4.69) is 52.0 Å². The van der Waals surface area contributed by atoms with Gasteiger partial charge in [0.25, 0.3) is 0 Å². The van der Waals surface area contributed by atoms with Crippen molar-refractivity contribution in [1.29, 1.82) is 0 Å². The van der Waals surface area contributed by atoms with Crippen molar-refractivity contribution < 1.29 is 0 Å². The molecule has 2 heteroatoms. The van der Waals surface area contributed by atoms with E-state index in [4.69, 9.17) is 11.6 Å². The highest BCUT2D eigenvalue weighted by molar-refractivity contribution is 7.98. The van der Waals surface area contributed by atoms with Gasteiger partial charge in [-0.1, -0.05) is 56.6 Å². The van der Waals surface area contributed by atoms with Crippen molar-refractivity contribution in [2.24, 2.45) is 0 Å². The van der Waals surface area contributed by atoms with Gasteiger partial charge in [0.1, 0.15) is 0 Å². The highest BCUT2D eigenvalue weighted by Gasteiger charge is 2.14. The fourth-order valence-corrected chi connectivity index (χ4v) is 3.23. The Bertz CT molecular complexity index is 597. The SMILES string of the molecule is Cc1ccc(C(C)(C)C)cc1SCc1cccc(Cl)c1. The van der Waals surface area contributed by atoms with Gasteiger partial charge in [0.2, 0.25) is 0 Å². The Morgan fingerprint density at radius 3 is 2.45 bits per heavy atom. The summed E-state index contributed by atoms with van der Waals surface area (Å²) in [6.45, 7) is 8.93. The van der Waals surface area contributed by atoms with Gasteiger partial charge in [0, 0.05) is 15.7 Å². The summed E-state index contributed by atoms with van der Waals surface area (Å²) >= 11 is 7.91. The minimum atomic E-state index is 0.194. The third kappa shape index (κ3) is 4.04. The number of benzene rings is 2. The number of hydrogen-bond acceptors (Lipinski definition) is 1. The van der Waals surface area contributed by atoms with Crippen molar-refractivity contribution in [1.82, 2.24) is 0 Å². The first kappa shape index (κ1) is 15.5. The maximum atomic E-state index is 6.03. The molecule has 2 rings (SSSR count). The van der Waals surface area contributed by atoms with Crippen molar-refractivity contribution >= 4 is 23.4 Å². The molecular weight excluding hydrogens is 284 g/mol. The molecule has 0 saturated carbocycles. The summed E-state index contributed by atoms with van der Waals surface area (Å²) in [5.74, 6) is 0.953. The molecule has 0 amide bonds. The van der Waals surface area contributed by atoms with Crippen LogP contribution in [0.3, 0.4) is 0 Å². The van der Waals surface area contributed by atoms with Crippen LogP contribution in [0.15, 0.2) is 47.4 Å². The first-order valence-electron chi connectivity index (χ1n) is 6.84. The Morgan fingerprint density at radius 2 is 1.80 bits per heavy atom. The van der Waals surface area contributed by atoms with Gasteiger partial charge in [-0.2, -0.15) is 0 Å². The molecule has 0 unspecified atom stereocenters. The Balaban J connectivity index is 2.17. The monoisotopic (exact) mass is 304 g/mol. The van der Waals surface area contributed by atoms with Gasteiger partial charge in [-0.25, -0.2) is 0 Å². The third-order valence-electron chi connectivity index (χ3n) is 3.34. The van der Waals surface area contributed by atoms with E-state index < -0.39 is 0 Å². The predicted molar refractivity (Wildman–Crippen MR) is 90.9 cm³/mol. The molecule has 0 atom stereocenters. The van der Waals surface area contributed by atoms with Crippen LogP contribution in [0.25, 0.3) is 0 Å². The molecule has 20 heavy (non-hydrogen) atoms. The van der Waals surface area contributed by atoms with Crippen LogP contribution >= 0.6 is 23.4 Å². The molecule has 0 nitrogen and oxygen atoms in total. The maximum Gasteiger partial charge on any atom is 0.0409 e. The minimum absolute atomic E-state index is 0.194. The molecule has 0 radical (unpaired) electrons. The highest BCUT2D eigenvalue weighted by atomic mass is 35.5. The lowest BCUT2D eigenvalue weighted by Crippen LogP contribution is -2.11. The fourth-order valence-electron chi connectivity index (χ4n) is 2.01. The Kier molecular flexibility index (Phi) is 4.82. The van der Waals surface area contributed by atoms with E-state index in [1.807, 2.05) is 30.0 Å². The third-order valence-corrected chi connectivity index (χ3v) is 4.80. The van der Waals surface area contributed by atoms with E-state index in [0.29, 0.717) is 0 Å². The van der Waals surface area contributed by atoms with Crippen LogP contribution in [0.1, 0.15) is 37.5 Å². The van der Waals surface area contributed by atoms with Gasteiger partial charge in [-0.05, 0) is 47.2 Å². The smallest absolute Gasteiger partial charge is 0.0409 e. The summed E-state index contributed by atoms with van der Waals surface area (Å²) < 4.78 is 0. The lowest BCUT2D eigenvalue weighted by atomic mass is 9.87. The molecule has 0 N–H and O–H groups in total. The molecule has 0 saturated heterocycles. The van der Waals surface area contributed by atoms with E-state index in [-0.39, 0.29) is 5.41 Å². The number of halogens is 1. The Morgan fingerprint density at radius 1 is 1.05 bits per heavy atom. The summed E-state index contributed by atoms with van der Waals surface area (Å²) in [6.07, 6.45) is 0. The molecule has 0 aromatic heterocycles. The molecular formula is C18H21ClS. The molecule has 0 heterocycles. The molecule has 0 aliphatic rings. The molecule has 106 valence electrons. The standard InChI is InChI=1S/C18H21ClS/c1-13-8-9-15(18(2,3)4)11-17(13)20-12-14-6-5-7-16(19)10-14/h5-11H,12H2,1-4H3. The highest BCUT2D eigenvalue weighted by Crippen LogP contribution is 2.31. The van der Waals surface area contributed by atoms with Crippen LogP contribution in [0.4, 0.5) is 0 Å². The van der Waals surface area contributed by atoms with E-state index in [0.717, 1.165) is 10.8 Å². The van der Waals surface area contributed by atoms with Crippen molar-refractivity contribution in [3.8, 4) is 0 Å². The van der Waals surface area contributed by atoms with Crippen molar-refractivity contribution in [3.05, 3.63) is 64.2 Å². The van der Waals surface area contributed by atoms with Crippen LogP contribution < -0.4 is 0 Å². The molecule has 0 fully saturated rings. The maximum absolute atomic E-state index is 6.03. The lowest BCUT2D eigenvalue weighted by molar-refractivity contribution is 0.588. The average Bonchev–Trinajstić information content (AvgIpc) is 2.36. The zero-order chi connectivity index (χ0) is 14.8. The lowest BCUT2D eigenvalue weighted by Gasteiger charge is -2.20. The van der Waals surface area contributed by atoms with Crippen molar-refractivity contribution in [2.75, 3.05) is 0 Å². The summed E-state index contributed by atoms with van der Waals surface area (Å²) in [5.41, 5.74) is 4.18. The van der Waals surface area contributed by atoms with Crippen LogP contribution in [0.2, 0.25) is 5.02 Å². The summed E-state index contributed by atoms with van der Waals surface area (Å²) in [5, 5.41) is 0.809. The molecule has 2 aromatic carbocycles. The second-order valence-corrected chi connectivity index (χ2v) is 7.60. The van der Waals surface area contributed by atoms with Crippen molar-refractivity contribution in [3.63, 3.8) is 0 Å². The number of hydrogen-bond donors (Lipinski definition) is 0. The van der Waals surface area contributed by atoms with Gasteiger partial charge in [-0.15, -0.1) is 11.8 Å². The Labute approximate surface area is 131 Å². The molecule has 0 aliphatic carbocycles.